The smallest absolute Gasteiger partial charge is 0.198 e. The molecule has 0 atom stereocenters. The molecule has 0 aliphatic carbocycles. The average Bonchev–Trinajstić information content (AvgIpc) is 2.85. The quantitative estimate of drug-likeness (QED) is 0.773. The Balaban J connectivity index is 2.11. The van der Waals surface area contributed by atoms with Crippen LogP contribution in [-0.4, -0.2) is 12.4 Å². The number of carbonyl (C=O) groups excluding carboxylic acids is 1. The van der Waals surface area contributed by atoms with E-state index in [2.05, 4.69) is 0 Å². The second-order valence-corrected chi connectivity index (χ2v) is 5.34. The standard InChI is InChI=1S/C15H9Cl2FO2/c16-9-5-8-3-4-20-15(8)12(6-9)14(19)11-2-1-10(18)7-13(11)17/h1-2,5-7H,3-4H2. The number of rotatable bonds is 2. The van der Waals surface area contributed by atoms with E-state index < -0.39 is 5.82 Å². The average molecular weight is 311 g/mol. The van der Waals surface area contributed by atoms with Crippen LogP contribution in [0.15, 0.2) is 30.3 Å². The van der Waals surface area contributed by atoms with Gasteiger partial charge in [0.1, 0.15) is 11.6 Å². The molecule has 0 N–H and O–H groups in total. The third-order valence-corrected chi connectivity index (χ3v) is 3.70. The first-order chi connectivity index (χ1) is 9.56. The summed E-state index contributed by atoms with van der Waals surface area (Å²) in [6.07, 6.45) is 0.716. The van der Waals surface area contributed by atoms with Gasteiger partial charge in [0.05, 0.1) is 17.2 Å². The summed E-state index contributed by atoms with van der Waals surface area (Å²) in [5.41, 5.74) is 1.49. The van der Waals surface area contributed by atoms with E-state index in [9.17, 15) is 9.18 Å². The van der Waals surface area contributed by atoms with Crippen molar-refractivity contribution in [2.75, 3.05) is 6.61 Å². The van der Waals surface area contributed by atoms with E-state index in [1.54, 1.807) is 12.1 Å². The molecule has 2 nitrogen and oxygen atoms in total. The van der Waals surface area contributed by atoms with Crippen molar-refractivity contribution in [1.29, 1.82) is 0 Å². The Morgan fingerprint density at radius 3 is 2.70 bits per heavy atom. The number of ether oxygens (including phenoxy) is 1. The second kappa shape index (κ2) is 5.08. The predicted molar refractivity (Wildman–Crippen MR) is 75.5 cm³/mol. The zero-order chi connectivity index (χ0) is 14.3. The second-order valence-electron chi connectivity index (χ2n) is 4.49. The highest BCUT2D eigenvalue weighted by Gasteiger charge is 2.24. The summed E-state index contributed by atoms with van der Waals surface area (Å²) in [5, 5.41) is 0.539. The van der Waals surface area contributed by atoms with Gasteiger partial charge in [-0.2, -0.15) is 0 Å². The number of benzene rings is 2. The first kappa shape index (κ1) is 13.4. The number of carbonyl (C=O) groups is 1. The van der Waals surface area contributed by atoms with Gasteiger partial charge in [0.25, 0.3) is 0 Å². The van der Waals surface area contributed by atoms with E-state index in [-0.39, 0.29) is 16.4 Å². The molecule has 0 fully saturated rings. The maximum Gasteiger partial charge on any atom is 0.198 e. The van der Waals surface area contributed by atoms with Crippen LogP contribution in [0.1, 0.15) is 21.5 Å². The van der Waals surface area contributed by atoms with Crippen molar-refractivity contribution < 1.29 is 13.9 Å². The van der Waals surface area contributed by atoms with Crippen LogP contribution >= 0.6 is 23.2 Å². The molecule has 20 heavy (non-hydrogen) atoms. The minimum Gasteiger partial charge on any atom is -0.492 e. The molecule has 0 radical (unpaired) electrons. The summed E-state index contributed by atoms with van der Waals surface area (Å²) in [6.45, 7) is 0.521. The molecule has 1 heterocycles. The van der Waals surface area contributed by atoms with Gasteiger partial charge in [-0.3, -0.25) is 4.79 Å². The Bertz CT molecular complexity index is 713. The number of halogens is 3. The lowest BCUT2D eigenvalue weighted by atomic mass is 9.99. The Morgan fingerprint density at radius 1 is 1.15 bits per heavy atom. The van der Waals surface area contributed by atoms with Gasteiger partial charge in [-0.25, -0.2) is 4.39 Å². The molecule has 5 heteroatoms. The fourth-order valence-corrected chi connectivity index (χ4v) is 2.75. The lowest BCUT2D eigenvalue weighted by Crippen LogP contribution is -2.05. The summed E-state index contributed by atoms with van der Waals surface area (Å²) in [4.78, 5) is 12.5. The molecule has 0 bridgehead atoms. The Hall–Kier alpha value is -1.58. The molecule has 0 amide bonds. The highest BCUT2D eigenvalue weighted by atomic mass is 35.5. The molecule has 0 aromatic heterocycles. The van der Waals surface area contributed by atoms with Crippen LogP contribution in [0.25, 0.3) is 0 Å². The van der Waals surface area contributed by atoms with Crippen LogP contribution in [0.2, 0.25) is 10.0 Å². The number of fused-ring (bicyclic) bond motifs is 1. The van der Waals surface area contributed by atoms with Crippen LogP contribution in [-0.2, 0) is 6.42 Å². The van der Waals surface area contributed by atoms with Crippen molar-refractivity contribution in [3.63, 3.8) is 0 Å². The fourth-order valence-electron chi connectivity index (χ4n) is 2.26. The molecule has 0 spiro atoms. The number of hydrogen-bond donors (Lipinski definition) is 0. The molecule has 0 saturated carbocycles. The van der Waals surface area contributed by atoms with Gasteiger partial charge < -0.3 is 4.74 Å². The topological polar surface area (TPSA) is 26.3 Å². The first-order valence-electron chi connectivity index (χ1n) is 6.01. The van der Waals surface area contributed by atoms with E-state index in [1.807, 2.05) is 0 Å². The van der Waals surface area contributed by atoms with Gasteiger partial charge in [-0.05, 0) is 35.9 Å². The van der Waals surface area contributed by atoms with E-state index >= 15 is 0 Å². The van der Waals surface area contributed by atoms with Gasteiger partial charge in [-0.15, -0.1) is 0 Å². The third kappa shape index (κ3) is 2.28. The maximum absolute atomic E-state index is 13.1. The third-order valence-electron chi connectivity index (χ3n) is 3.17. The van der Waals surface area contributed by atoms with Crippen LogP contribution < -0.4 is 4.74 Å². The molecule has 2 aromatic rings. The van der Waals surface area contributed by atoms with Crippen molar-refractivity contribution in [2.45, 2.75) is 6.42 Å². The summed E-state index contributed by atoms with van der Waals surface area (Å²) < 4.78 is 18.5. The first-order valence-corrected chi connectivity index (χ1v) is 6.77. The zero-order valence-corrected chi connectivity index (χ0v) is 11.8. The molecule has 0 saturated heterocycles. The van der Waals surface area contributed by atoms with Crippen LogP contribution in [0.3, 0.4) is 0 Å². The highest BCUT2D eigenvalue weighted by molar-refractivity contribution is 6.35. The highest BCUT2D eigenvalue weighted by Crippen LogP contribution is 2.35. The number of hydrogen-bond acceptors (Lipinski definition) is 2. The van der Waals surface area contributed by atoms with Gasteiger partial charge in [0.15, 0.2) is 5.78 Å². The molecule has 2 aromatic carbocycles. The number of ketones is 1. The van der Waals surface area contributed by atoms with Crippen molar-refractivity contribution in [1.82, 2.24) is 0 Å². The normalized spacial score (nSPS) is 12.9. The van der Waals surface area contributed by atoms with E-state index in [1.165, 1.54) is 12.1 Å². The Morgan fingerprint density at radius 2 is 1.95 bits per heavy atom. The monoisotopic (exact) mass is 310 g/mol. The summed E-state index contributed by atoms with van der Waals surface area (Å²) >= 11 is 12.0. The van der Waals surface area contributed by atoms with Gasteiger partial charge in [0, 0.05) is 17.0 Å². The molecule has 1 aliphatic rings. The molecular formula is C15H9Cl2FO2. The summed E-state index contributed by atoms with van der Waals surface area (Å²) in [5.74, 6) is -0.269. The van der Waals surface area contributed by atoms with E-state index in [4.69, 9.17) is 27.9 Å². The lowest BCUT2D eigenvalue weighted by molar-refractivity contribution is 0.103. The largest absolute Gasteiger partial charge is 0.492 e. The molecule has 3 rings (SSSR count). The van der Waals surface area contributed by atoms with Crippen molar-refractivity contribution >= 4 is 29.0 Å². The lowest BCUT2D eigenvalue weighted by Gasteiger charge is -2.09. The summed E-state index contributed by atoms with van der Waals surface area (Å²) in [6, 6.07) is 7.01. The molecule has 0 unspecified atom stereocenters. The predicted octanol–water partition coefficient (Wildman–Crippen LogP) is 4.30. The van der Waals surface area contributed by atoms with E-state index in [0.717, 1.165) is 11.6 Å². The maximum atomic E-state index is 13.1. The van der Waals surface area contributed by atoms with Crippen LogP contribution in [0, 0.1) is 5.82 Å². The zero-order valence-electron chi connectivity index (χ0n) is 10.3. The van der Waals surface area contributed by atoms with Gasteiger partial charge in [0.2, 0.25) is 0 Å². The Labute approximate surface area is 125 Å². The minimum absolute atomic E-state index is 0.0710. The van der Waals surface area contributed by atoms with Crippen molar-refractivity contribution in [3.05, 3.63) is 62.9 Å². The van der Waals surface area contributed by atoms with Crippen molar-refractivity contribution in [3.8, 4) is 5.75 Å². The summed E-state index contributed by atoms with van der Waals surface area (Å²) in [7, 11) is 0. The SMILES string of the molecule is O=C(c1ccc(F)cc1Cl)c1cc(Cl)cc2c1OCC2. The van der Waals surface area contributed by atoms with Gasteiger partial charge in [-0.1, -0.05) is 23.2 Å². The molecule has 1 aliphatic heterocycles. The molecule has 102 valence electrons. The van der Waals surface area contributed by atoms with E-state index in [0.29, 0.717) is 29.4 Å². The van der Waals surface area contributed by atoms with Crippen molar-refractivity contribution in [2.24, 2.45) is 0 Å². The molecular weight excluding hydrogens is 302 g/mol. The Kier molecular flexibility index (Phi) is 3.40. The van der Waals surface area contributed by atoms with Gasteiger partial charge >= 0.3 is 0 Å². The van der Waals surface area contributed by atoms with Crippen LogP contribution in [0.5, 0.6) is 5.75 Å². The fraction of sp³-hybridized carbons (Fsp3) is 0.133. The minimum atomic E-state index is -0.487. The van der Waals surface area contributed by atoms with Crippen LogP contribution in [0.4, 0.5) is 4.39 Å².